The molecule has 0 spiro atoms. The zero-order chi connectivity index (χ0) is 13.9. The van der Waals surface area contributed by atoms with Crippen LogP contribution >= 0.6 is 11.3 Å². The summed E-state index contributed by atoms with van der Waals surface area (Å²) in [4.78, 5) is 8.82. The molecule has 20 heavy (non-hydrogen) atoms. The molecule has 1 aliphatic carbocycles. The maximum atomic E-state index is 4.74. The molecule has 1 N–H and O–H groups in total. The van der Waals surface area contributed by atoms with Crippen molar-refractivity contribution < 1.29 is 0 Å². The van der Waals surface area contributed by atoms with Gasteiger partial charge in [-0.2, -0.15) is 0 Å². The molecule has 1 aromatic heterocycles. The Morgan fingerprint density at radius 2 is 2.05 bits per heavy atom. The summed E-state index contributed by atoms with van der Waals surface area (Å²) in [7, 11) is 0. The van der Waals surface area contributed by atoms with Gasteiger partial charge in [-0.1, -0.05) is 19.3 Å². The predicted octanol–water partition coefficient (Wildman–Crippen LogP) is 3.11. The second-order valence-electron chi connectivity index (χ2n) is 6.39. The van der Waals surface area contributed by atoms with Crippen LogP contribution in [0.25, 0.3) is 0 Å². The van der Waals surface area contributed by atoms with Crippen LogP contribution < -0.4 is 5.32 Å². The second-order valence-corrected chi connectivity index (χ2v) is 7.68. The third-order valence-electron chi connectivity index (χ3n) is 5.00. The fourth-order valence-electron chi connectivity index (χ4n) is 3.73. The Kier molecular flexibility index (Phi) is 4.74. The Morgan fingerprint density at radius 1 is 1.25 bits per heavy atom. The van der Waals surface area contributed by atoms with Crippen LogP contribution in [-0.4, -0.2) is 35.6 Å². The van der Waals surface area contributed by atoms with Gasteiger partial charge < -0.3 is 5.32 Å². The first-order valence-corrected chi connectivity index (χ1v) is 8.93. The number of piperazine rings is 1. The van der Waals surface area contributed by atoms with Gasteiger partial charge in [0.25, 0.3) is 0 Å². The molecule has 1 saturated carbocycles. The predicted molar refractivity (Wildman–Crippen MR) is 85.2 cm³/mol. The summed E-state index contributed by atoms with van der Waals surface area (Å²) in [6, 6.07) is 0.730. The number of aromatic nitrogens is 1. The van der Waals surface area contributed by atoms with E-state index in [2.05, 4.69) is 24.1 Å². The third kappa shape index (κ3) is 3.23. The lowest BCUT2D eigenvalue weighted by Crippen LogP contribution is -2.54. The van der Waals surface area contributed by atoms with Crippen molar-refractivity contribution in [3.63, 3.8) is 0 Å². The van der Waals surface area contributed by atoms with Crippen molar-refractivity contribution in [2.24, 2.45) is 5.92 Å². The molecular formula is C16H27N3S. The molecule has 1 saturated heterocycles. The molecule has 0 radical (unpaired) electrons. The first-order chi connectivity index (χ1) is 9.74. The van der Waals surface area contributed by atoms with Gasteiger partial charge in [-0.15, -0.1) is 11.3 Å². The first kappa shape index (κ1) is 14.5. The molecule has 1 aromatic rings. The highest BCUT2D eigenvalue weighted by atomic mass is 32.1. The van der Waals surface area contributed by atoms with Crippen molar-refractivity contribution >= 4 is 11.3 Å². The van der Waals surface area contributed by atoms with E-state index in [1.807, 2.05) is 11.3 Å². The van der Waals surface area contributed by atoms with Gasteiger partial charge in [-0.05, 0) is 32.6 Å². The average molecular weight is 293 g/mol. The molecule has 1 atom stereocenters. The van der Waals surface area contributed by atoms with Gasteiger partial charge in [0, 0.05) is 30.6 Å². The summed E-state index contributed by atoms with van der Waals surface area (Å²) in [5.74, 6) is 0.902. The van der Waals surface area contributed by atoms with Crippen LogP contribution in [0.3, 0.4) is 0 Å². The number of rotatable bonds is 3. The topological polar surface area (TPSA) is 28.2 Å². The van der Waals surface area contributed by atoms with E-state index in [4.69, 9.17) is 4.98 Å². The average Bonchev–Trinajstić information content (AvgIpc) is 2.79. The Bertz CT molecular complexity index is 417. The molecule has 4 heteroatoms. The highest BCUT2D eigenvalue weighted by Gasteiger charge is 2.31. The van der Waals surface area contributed by atoms with Crippen molar-refractivity contribution in [1.82, 2.24) is 15.2 Å². The fourth-order valence-corrected chi connectivity index (χ4v) is 4.69. The van der Waals surface area contributed by atoms with E-state index in [1.165, 1.54) is 60.8 Å². The van der Waals surface area contributed by atoms with Crippen molar-refractivity contribution in [3.05, 3.63) is 15.6 Å². The van der Waals surface area contributed by atoms with Gasteiger partial charge in [0.1, 0.15) is 5.01 Å². The zero-order valence-corrected chi connectivity index (χ0v) is 13.6. The minimum absolute atomic E-state index is 0.730. The Balaban J connectivity index is 1.68. The molecule has 2 fully saturated rings. The number of hydrogen-bond donors (Lipinski definition) is 1. The van der Waals surface area contributed by atoms with Crippen molar-refractivity contribution in [1.29, 1.82) is 0 Å². The van der Waals surface area contributed by atoms with Gasteiger partial charge >= 0.3 is 0 Å². The molecular weight excluding hydrogens is 266 g/mol. The monoisotopic (exact) mass is 293 g/mol. The van der Waals surface area contributed by atoms with Crippen LogP contribution in [0.4, 0.5) is 0 Å². The van der Waals surface area contributed by atoms with Gasteiger partial charge in [0.2, 0.25) is 0 Å². The molecule has 3 nitrogen and oxygen atoms in total. The molecule has 0 amide bonds. The molecule has 1 unspecified atom stereocenters. The van der Waals surface area contributed by atoms with Crippen LogP contribution in [0.5, 0.6) is 0 Å². The zero-order valence-electron chi connectivity index (χ0n) is 12.8. The minimum atomic E-state index is 0.730. The Hall–Kier alpha value is -0.450. The van der Waals surface area contributed by atoms with Crippen LogP contribution in [0.15, 0.2) is 0 Å². The molecule has 2 heterocycles. The number of hydrogen-bond acceptors (Lipinski definition) is 4. The van der Waals surface area contributed by atoms with Gasteiger partial charge in [0.15, 0.2) is 0 Å². The minimum Gasteiger partial charge on any atom is -0.314 e. The number of aryl methyl sites for hydroxylation is 2. The standard InChI is InChI=1S/C16H27N3S/c1-12-13(2)20-16(18-12)11-19-9-8-17-10-15(19)14-6-4-3-5-7-14/h14-15,17H,3-11H2,1-2H3. The van der Waals surface area contributed by atoms with Crippen molar-refractivity contribution in [2.45, 2.75) is 58.5 Å². The van der Waals surface area contributed by atoms with Gasteiger partial charge in [-0.25, -0.2) is 4.98 Å². The summed E-state index contributed by atoms with van der Waals surface area (Å²) in [5.41, 5.74) is 1.22. The summed E-state index contributed by atoms with van der Waals surface area (Å²) >= 11 is 1.88. The number of nitrogens with one attached hydrogen (secondary N) is 1. The second kappa shape index (κ2) is 6.54. The van der Waals surface area contributed by atoms with E-state index in [0.717, 1.165) is 25.0 Å². The summed E-state index contributed by atoms with van der Waals surface area (Å²) < 4.78 is 0. The van der Waals surface area contributed by atoms with Crippen LogP contribution in [-0.2, 0) is 6.54 Å². The molecule has 1 aliphatic heterocycles. The lowest BCUT2D eigenvalue weighted by atomic mass is 9.82. The fraction of sp³-hybridized carbons (Fsp3) is 0.812. The Labute approximate surface area is 126 Å². The lowest BCUT2D eigenvalue weighted by Gasteiger charge is -2.41. The van der Waals surface area contributed by atoms with Gasteiger partial charge in [0.05, 0.1) is 12.2 Å². The summed E-state index contributed by atoms with van der Waals surface area (Å²) in [5, 5.41) is 4.91. The number of nitrogens with zero attached hydrogens (tertiary/aromatic N) is 2. The van der Waals surface area contributed by atoms with Crippen molar-refractivity contribution in [2.75, 3.05) is 19.6 Å². The molecule has 2 aliphatic rings. The van der Waals surface area contributed by atoms with E-state index in [9.17, 15) is 0 Å². The highest BCUT2D eigenvalue weighted by molar-refractivity contribution is 7.11. The molecule has 112 valence electrons. The molecule has 3 rings (SSSR count). The van der Waals surface area contributed by atoms with E-state index in [1.54, 1.807) is 0 Å². The first-order valence-electron chi connectivity index (χ1n) is 8.11. The largest absolute Gasteiger partial charge is 0.314 e. The summed E-state index contributed by atoms with van der Waals surface area (Å²) in [6.07, 6.45) is 7.17. The van der Waals surface area contributed by atoms with Crippen molar-refractivity contribution in [3.8, 4) is 0 Å². The molecule has 0 aromatic carbocycles. The van der Waals surface area contributed by atoms with Crippen LogP contribution in [0.2, 0.25) is 0 Å². The highest BCUT2D eigenvalue weighted by Crippen LogP contribution is 2.31. The normalized spacial score (nSPS) is 26.0. The molecule has 0 bridgehead atoms. The van der Waals surface area contributed by atoms with Crippen LogP contribution in [0.1, 0.15) is 47.7 Å². The van der Waals surface area contributed by atoms with E-state index >= 15 is 0 Å². The van der Waals surface area contributed by atoms with Gasteiger partial charge in [-0.3, -0.25) is 4.90 Å². The maximum Gasteiger partial charge on any atom is 0.107 e. The van der Waals surface area contributed by atoms with Crippen LogP contribution in [0, 0.1) is 19.8 Å². The van der Waals surface area contributed by atoms with E-state index in [0.29, 0.717) is 0 Å². The summed E-state index contributed by atoms with van der Waals surface area (Å²) in [6.45, 7) is 8.86. The maximum absolute atomic E-state index is 4.74. The Morgan fingerprint density at radius 3 is 2.75 bits per heavy atom. The van der Waals surface area contributed by atoms with E-state index in [-0.39, 0.29) is 0 Å². The SMILES string of the molecule is Cc1nc(CN2CCNCC2C2CCCCC2)sc1C. The van der Waals surface area contributed by atoms with E-state index < -0.39 is 0 Å². The lowest BCUT2D eigenvalue weighted by molar-refractivity contribution is 0.0859. The smallest absolute Gasteiger partial charge is 0.107 e. The third-order valence-corrected chi connectivity index (χ3v) is 6.06. The quantitative estimate of drug-likeness (QED) is 0.928. The number of thiazole rings is 1.